The molecule has 1 saturated carbocycles. The van der Waals surface area contributed by atoms with Crippen LogP contribution in [-0.4, -0.2) is 40.1 Å². The Balaban J connectivity index is 1.51. The number of Topliss-reactive ketones (excluding diaryl/α,β-unsaturated/α-hetero) is 1. The molecule has 2 aromatic rings. The lowest BCUT2D eigenvalue weighted by Gasteiger charge is -2.30. The van der Waals surface area contributed by atoms with Crippen LogP contribution in [-0.2, 0) is 9.59 Å². The molecular formula is C22H16Cl2N2O4S. The van der Waals surface area contributed by atoms with Gasteiger partial charge in [0.15, 0.2) is 5.78 Å². The molecule has 9 heteroatoms. The van der Waals surface area contributed by atoms with Crippen molar-refractivity contribution in [2.24, 2.45) is 23.7 Å². The van der Waals surface area contributed by atoms with Gasteiger partial charge in [0.1, 0.15) is 6.54 Å². The molecular weight excluding hydrogens is 459 g/mol. The number of thiophene rings is 1. The molecule has 31 heavy (non-hydrogen) atoms. The molecule has 1 saturated heterocycles. The van der Waals surface area contributed by atoms with Gasteiger partial charge in [-0.2, -0.15) is 5.01 Å². The van der Waals surface area contributed by atoms with Gasteiger partial charge in [-0.3, -0.25) is 19.2 Å². The van der Waals surface area contributed by atoms with E-state index < -0.39 is 36.1 Å². The minimum Gasteiger partial charge on any atom is -0.291 e. The molecule has 4 atom stereocenters. The number of halogens is 2. The fourth-order valence-corrected chi connectivity index (χ4v) is 5.74. The molecule has 1 aromatic heterocycles. The van der Waals surface area contributed by atoms with Crippen LogP contribution in [0.4, 0.5) is 0 Å². The Morgan fingerprint density at radius 1 is 1.03 bits per heavy atom. The van der Waals surface area contributed by atoms with Crippen molar-refractivity contribution in [1.82, 2.24) is 10.0 Å². The van der Waals surface area contributed by atoms with Crippen molar-refractivity contribution < 1.29 is 19.2 Å². The summed E-state index contributed by atoms with van der Waals surface area (Å²) in [7, 11) is 0. The summed E-state index contributed by atoms with van der Waals surface area (Å²) in [5.41, 5.74) is 0.132. The van der Waals surface area contributed by atoms with E-state index in [2.05, 4.69) is 0 Å². The monoisotopic (exact) mass is 474 g/mol. The predicted octanol–water partition coefficient (Wildman–Crippen LogP) is 4.10. The van der Waals surface area contributed by atoms with Crippen molar-refractivity contribution in [3.63, 3.8) is 0 Å². The quantitative estimate of drug-likeness (QED) is 0.371. The van der Waals surface area contributed by atoms with Crippen molar-refractivity contribution >= 4 is 58.0 Å². The number of nitrogens with zero attached hydrogens (tertiary/aromatic N) is 2. The van der Waals surface area contributed by atoms with Gasteiger partial charge in [-0.05, 0) is 47.9 Å². The summed E-state index contributed by atoms with van der Waals surface area (Å²) in [6.45, 7) is -0.431. The summed E-state index contributed by atoms with van der Waals surface area (Å²) in [5.74, 6) is -2.87. The van der Waals surface area contributed by atoms with Crippen LogP contribution >= 0.6 is 34.5 Å². The summed E-state index contributed by atoms with van der Waals surface area (Å²) >= 11 is 13.3. The highest BCUT2D eigenvalue weighted by Crippen LogP contribution is 2.52. The molecule has 2 bridgehead atoms. The van der Waals surface area contributed by atoms with E-state index in [-0.39, 0.29) is 33.2 Å². The zero-order valence-corrected chi connectivity index (χ0v) is 18.4. The van der Waals surface area contributed by atoms with Crippen molar-refractivity contribution in [3.8, 4) is 0 Å². The number of fused-ring (bicyclic) bond motifs is 5. The first-order chi connectivity index (χ1) is 14.9. The second-order valence-electron chi connectivity index (χ2n) is 7.88. The van der Waals surface area contributed by atoms with Gasteiger partial charge < -0.3 is 0 Å². The van der Waals surface area contributed by atoms with Gasteiger partial charge in [0.25, 0.3) is 17.7 Å². The lowest BCUT2D eigenvalue weighted by molar-refractivity contribution is -0.154. The Morgan fingerprint density at radius 3 is 2.29 bits per heavy atom. The van der Waals surface area contributed by atoms with Crippen molar-refractivity contribution in [3.05, 3.63) is 68.3 Å². The van der Waals surface area contributed by atoms with E-state index in [9.17, 15) is 19.2 Å². The zero-order valence-electron chi connectivity index (χ0n) is 16.0. The molecule has 1 aliphatic heterocycles. The minimum absolute atomic E-state index is 0.00799. The van der Waals surface area contributed by atoms with E-state index in [0.717, 1.165) is 16.4 Å². The first-order valence-electron chi connectivity index (χ1n) is 9.76. The molecule has 0 radical (unpaired) electrons. The first kappa shape index (κ1) is 20.4. The van der Waals surface area contributed by atoms with E-state index in [1.807, 2.05) is 12.2 Å². The van der Waals surface area contributed by atoms with Crippen LogP contribution in [0, 0.1) is 23.7 Å². The number of amides is 3. The highest BCUT2D eigenvalue weighted by atomic mass is 35.5. The van der Waals surface area contributed by atoms with Gasteiger partial charge in [0, 0.05) is 5.56 Å². The molecule has 2 fully saturated rings. The molecule has 5 rings (SSSR count). The maximum atomic E-state index is 13.4. The predicted molar refractivity (Wildman–Crippen MR) is 116 cm³/mol. The second kappa shape index (κ2) is 7.58. The number of ketones is 1. The number of imide groups is 1. The fourth-order valence-electron chi connectivity index (χ4n) is 4.79. The van der Waals surface area contributed by atoms with Gasteiger partial charge in [0.05, 0.1) is 26.8 Å². The van der Waals surface area contributed by atoms with Crippen molar-refractivity contribution in [2.75, 3.05) is 6.54 Å². The summed E-state index contributed by atoms with van der Waals surface area (Å²) in [6.07, 6.45) is 4.72. The average molecular weight is 475 g/mol. The molecule has 1 aromatic carbocycles. The largest absolute Gasteiger partial charge is 0.291 e. The smallest absolute Gasteiger partial charge is 0.273 e. The lowest BCUT2D eigenvalue weighted by atomic mass is 9.85. The summed E-state index contributed by atoms with van der Waals surface area (Å²) in [6, 6.07) is 7.65. The van der Waals surface area contributed by atoms with Crippen molar-refractivity contribution in [1.29, 1.82) is 0 Å². The van der Waals surface area contributed by atoms with Gasteiger partial charge in [0.2, 0.25) is 0 Å². The normalized spacial score (nSPS) is 25.9. The maximum absolute atomic E-state index is 13.4. The fraction of sp³-hybridized carbons (Fsp3) is 0.273. The number of rotatable bonds is 5. The Bertz CT molecular complexity index is 1120. The molecule has 3 amide bonds. The van der Waals surface area contributed by atoms with Gasteiger partial charge >= 0.3 is 0 Å². The van der Waals surface area contributed by atoms with Crippen LogP contribution in [0.5, 0.6) is 0 Å². The van der Waals surface area contributed by atoms with Crippen LogP contribution in [0.25, 0.3) is 0 Å². The molecule has 0 spiro atoms. The third kappa shape index (κ3) is 3.23. The molecule has 2 aliphatic carbocycles. The molecule has 0 unspecified atom stereocenters. The Labute approximate surface area is 192 Å². The summed E-state index contributed by atoms with van der Waals surface area (Å²) < 4.78 is 0. The number of hydrogen-bond acceptors (Lipinski definition) is 5. The molecule has 0 N–H and O–H groups in total. The minimum atomic E-state index is -0.662. The van der Waals surface area contributed by atoms with E-state index in [1.165, 1.54) is 29.5 Å². The highest BCUT2D eigenvalue weighted by molar-refractivity contribution is 7.12. The number of hydrogen-bond donors (Lipinski definition) is 0. The maximum Gasteiger partial charge on any atom is 0.273 e. The van der Waals surface area contributed by atoms with E-state index in [4.69, 9.17) is 23.2 Å². The van der Waals surface area contributed by atoms with Crippen LogP contribution in [0.15, 0.2) is 47.9 Å². The summed E-state index contributed by atoms with van der Waals surface area (Å²) in [5, 5.41) is 4.03. The van der Waals surface area contributed by atoms with Gasteiger partial charge in [-0.1, -0.05) is 41.4 Å². The van der Waals surface area contributed by atoms with Crippen LogP contribution in [0.1, 0.15) is 26.5 Å². The standard InChI is InChI=1S/C22H16Cl2N2O4S/c23-14-6-5-13(9-15(14)24)20(28)25(10-16(27)17-2-1-7-31-17)26-21(29)18-11-3-4-12(8-11)19(18)22(26)30/h1-7,9,11-12,18-19H,8,10H2/t11-,12-,18-,19-/m0/s1. The van der Waals surface area contributed by atoms with Crippen LogP contribution in [0.2, 0.25) is 10.0 Å². The number of hydrazine groups is 1. The Morgan fingerprint density at radius 2 is 1.71 bits per heavy atom. The molecule has 6 nitrogen and oxygen atoms in total. The summed E-state index contributed by atoms with van der Waals surface area (Å²) in [4.78, 5) is 53.2. The zero-order chi connectivity index (χ0) is 21.9. The number of benzene rings is 1. The average Bonchev–Trinajstić information content (AvgIpc) is 3.53. The molecule has 2 heterocycles. The van der Waals surface area contributed by atoms with Crippen LogP contribution in [0.3, 0.4) is 0 Å². The molecule has 3 aliphatic rings. The van der Waals surface area contributed by atoms with Crippen molar-refractivity contribution in [2.45, 2.75) is 6.42 Å². The highest BCUT2D eigenvalue weighted by Gasteiger charge is 2.61. The SMILES string of the molecule is O=C(CN(C(=O)c1ccc(Cl)c(Cl)c1)N1C(=O)[C@@H]2[C@@H](C1=O)[C@H]1C=C[C@H]2C1)c1cccs1. The van der Waals surface area contributed by atoms with Gasteiger partial charge in [-0.25, -0.2) is 5.01 Å². The van der Waals surface area contributed by atoms with Gasteiger partial charge in [-0.15, -0.1) is 11.3 Å². The van der Waals surface area contributed by atoms with E-state index in [0.29, 0.717) is 4.88 Å². The molecule has 158 valence electrons. The lowest BCUT2D eigenvalue weighted by Crippen LogP contribution is -2.52. The number of carbonyl (C=O) groups is 4. The first-order valence-corrected chi connectivity index (χ1v) is 11.4. The second-order valence-corrected chi connectivity index (χ2v) is 9.64. The Kier molecular flexibility index (Phi) is 5.00. The topological polar surface area (TPSA) is 74.8 Å². The third-order valence-corrected chi connectivity index (χ3v) is 7.83. The van der Waals surface area contributed by atoms with E-state index >= 15 is 0 Å². The van der Waals surface area contributed by atoms with E-state index in [1.54, 1.807) is 17.5 Å². The Hall–Kier alpha value is -2.48. The number of carbonyl (C=O) groups excluding carboxylic acids is 4. The third-order valence-electron chi connectivity index (χ3n) is 6.18. The van der Waals surface area contributed by atoms with Crippen LogP contribution < -0.4 is 0 Å². The number of allylic oxidation sites excluding steroid dienone is 2.